The lowest BCUT2D eigenvalue weighted by Crippen LogP contribution is -2.39. The third kappa shape index (κ3) is 6.00. The molecule has 1 aliphatic carbocycles. The summed E-state index contributed by atoms with van der Waals surface area (Å²) in [7, 11) is 3.88. The van der Waals surface area contributed by atoms with Gasteiger partial charge in [-0.05, 0) is 55.5 Å². The molecule has 2 aromatic rings. The summed E-state index contributed by atoms with van der Waals surface area (Å²) >= 11 is 0. The number of nitrogens with one attached hydrogen (secondary N) is 2. The number of amides is 1. The molecule has 0 saturated heterocycles. The largest absolute Gasteiger partial charge is 0.363 e. The minimum absolute atomic E-state index is 0.0285. The van der Waals surface area contributed by atoms with Crippen molar-refractivity contribution in [1.82, 2.24) is 15.3 Å². The molecule has 2 N–H and O–H groups in total. The maximum absolute atomic E-state index is 12.2. The van der Waals surface area contributed by atoms with Crippen LogP contribution in [0.25, 0.3) is 6.08 Å². The second-order valence-corrected chi connectivity index (χ2v) is 7.52. The van der Waals surface area contributed by atoms with Crippen molar-refractivity contribution in [3.63, 3.8) is 0 Å². The van der Waals surface area contributed by atoms with Crippen LogP contribution in [0.1, 0.15) is 31.2 Å². The van der Waals surface area contributed by atoms with Crippen LogP contribution in [0.4, 0.5) is 17.5 Å². The number of nitro benzene ring substituents is 1. The first-order valence-corrected chi connectivity index (χ1v) is 9.90. The number of hydrogen-bond donors (Lipinski definition) is 2. The number of anilines is 2. The molecule has 0 spiro atoms. The minimum Gasteiger partial charge on any atom is -0.363 e. The summed E-state index contributed by atoms with van der Waals surface area (Å²) in [5.41, 5.74) is 0.768. The van der Waals surface area contributed by atoms with Gasteiger partial charge in [-0.1, -0.05) is 0 Å². The average molecular weight is 410 g/mol. The highest BCUT2D eigenvalue weighted by molar-refractivity contribution is 5.91. The highest BCUT2D eigenvalue weighted by Crippen LogP contribution is 2.22. The SMILES string of the molecule is CN(C)c1ccnc(N[C@H]2CC[C@@H](NC(=O)C=Cc3ccc([N+](=O)[O-])cc3)CC2)n1. The first-order valence-electron chi connectivity index (χ1n) is 9.90. The molecule has 1 aromatic heterocycles. The Morgan fingerprint density at radius 3 is 2.43 bits per heavy atom. The molecule has 158 valence electrons. The van der Waals surface area contributed by atoms with E-state index in [4.69, 9.17) is 0 Å². The van der Waals surface area contributed by atoms with Gasteiger partial charge in [0, 0.05) is 50.6 Å². The van der Waals surface area contributed by atoms with Crippen LogP contribution in [-0.4, -0.2) is 47.0 Å². The van der Waals surface area contributed by atoms with Gasteiger partial charge in [0.25, 0.3) is 5.69 Å². The Bertz CT molecular complexity index is 905. The molecule has 1 fully saturated rings. The molecule has 9 heteroatoms. The fraction of sp³-hybridized carbons (Fsp3) is 0.381. The molecule has 1 aliphatic rings. The normalized spacial score (nSPS) is 18.7. The summed E-state index contributed by atoms with van der Waals surface area (Å²) in [5, 5.41) is 17.1. The summed E-state index contributed by atoms with van der Waals surface area (Å²) in [6.45, 7) is 0. The van der Waals surface area contributed by atoms with E-state index >= 15 is 0 Å². The molecule has 1 saturated carbocycles. The van der Waals surface area contributed by atoms with E-state index in [9.17, 15) is 14.9 Å². The predicted octanol–water partition coefficient (Wildman–Crippen LogP) is 3.00. The number of carbonyl (C=O) groups is 1. The van der Waals surface area contributed by atoms with Gasteiger partial charge < -0.3 is 15.5 Å². The van der Waals surface area contributed by atoms with E-state index in [0.717, 1.165) is 37.1 Å². The number of benzene rings is 1. The Kier molecular flexibility index (Phi) is 6.95. The molecular formula is C21H26N6O3. The lowest BCUT2D eigenvalue weighted by atomic mass is 9.91. The van der Waals surface area contributed by atoms with Crippen molar-refractivity contribution in [3.8, 4) is 0 Å². The van der Waals surface area contributed by atoms with E-state index < -0.39 is 4.92 Å². The zero-order valence-electron chi connectivity index (χ0n) is 17.1. The molecule has 0 bridgehead atoms. The number of non-ortho nitro benzene ring substituents is 1. The van der Waals surface area contributed by atoms with Crippen LogP contribution in [0.3, 0.4) is 0 Å². The van der Waals surface area contributed by atoms with E-state index in [1.165, 1.54) is 18.2 Å². The monoisotopic (exact) mass is 410 g/mol. The number of nitrogens with zero attached hydrogens (tertiary/aromatic N) is 4. The molecule has 1 aromatic carbocycles. The molecule has 0 atom stereocenters. The van der Waals surface area contributed by atoms with Crippen molar-refractivity contribution < 1.29 is 9.72 Å². The summed E-state index contributed by atoms with van der Waals surface area (Å²) in [5.74, 6) is 1.32. The Labute approximate surface area is 175 Å². The number of rotatable bonds is 7. The molecule has 1 amide bonds. The van der Waals surface area contributed by atoms with E-state index in [2.05, 4.69) is 20.6 Å². The predicted molar refractivity (Wildman–Crippen MR) is 116 cm³/mol. The second-order valence-electron chi connectivity index (χ2n) is 7.52. The van der Waals surface area contributed by atoms with E-state index in [0.29, 0.717) is 5.95 Å². The molecule has 1 heterocycles. The first kappa shape index (κ1) is 21.2. The second kappa shape index (κ2) is 9.82. The standard InChI is InChI=1S/C21H26N6O3/c1-26(2)19-13-14-22-21(25-19)24-17-8-6-16(7-9-17)23-20(28)12-5-15-3-10-18(11-4-15)27(29)30/h3-5,10-14,16-17H,6-9H2,1-2H3,(H,23,28)(H,22,24,25)/t16-,17+. The van der Waals surface area contributed by atoms with Crippen LogP contribution in [0.15, 0.2) is 42.6 Å². The Balaban J connectivity index is 1.44. The Morgan fingerprint density at radius 1 is 1.13 bits per heavy atom. The maximum atomic E-state index is 12.2. The van der Waals surface area contributed by atoms with Gasteiger partial charge in [0.2, 0.25) is 11.9 Å². The zero-order chi connectivity index (χ0) is 21.5. The summed E-state index contributed by atoms with van der Waals surface area (Å²) in [6, 6.07) is 8.35. The van der Waals surface area contributed by atoms with Gasteiger partial charge in [-0.3, -0.25) is 14.9 Å². The lowest BCUT2D eigenvalue weighted by Gasteiger charge is -2.29. The van der Waals surface area contributed by atoms with Crippen molar-refractivity contribution in [3.05, 3.63) is 58.3 Å². The molecule has 0 unspecified atom stereocenters. The smallest absolute Gasteiger partial charge is 0.269 e. The van der Waals surface area contributed by atoms with Gasteiger partial charge in [-0.25, -0.2) is 4.98 Å². The molecule has 3 rings (SSSR count). The molecule has 30 heavy (non-hydrogen) atoms. The van der Waals surface area contributed by atoms with Crippen LogP contribution in [0, 0.1) is 10.1 Å². The topological polar surface area (TPSA) is 113 Å². The number of carbonyl (C=O) groups excluding carboxylic acids is 1. The number of nitro groups is 1. The highest BCUT2D eigenvalue weighted by atomic mass is 16.6. The summed E-state index contributed by atoms with van der Waals surface area (Å²) < 4.78 is 0. The van der Waals surface area contributed by atoms with E-state index in [-0.39, 0.29) is 23.7 Å². The van der Waals surface area contributed by atoms with Crippen LogP contribution in [0.5, 0.6) is 0 Å². The molecule has 9 nitrogen and oxygen atoms in total. The highest BCUT2D eigenvalue weighted by Gasteiger charge is 2.22. The van der Waals surface area contributed by atoms with E-state index in [1.807, 2.05) is 25.1 Å². The molecule has 0 aliphatic heterocycles. The van der Waals surface area contributed by atoms with Gasteiger partial charge in [0.15, 0.2) is 0 Å². The van der Waals surface area contributed by atoms with Gasteiger partial charge in [-0.2, -0.15) is 4.98 Å². The van der Waals surface area contributed by atoms with Crippen molar-refractivity contribution >= 4 is 29.4 Å². The van der Waals surface area contributed by atoms with Gasteiger partial charge >= 0.3 is 0 Å². The van der Waals surface area contributed by atoms with Crippen molar-refractivity contribution in [1.29, 1.82) is 0 Å². The molecular weight excluding hydrogens is 384 g/mol. The maximum Gasteiger partial charge on any atom is 0.269 e. The third-order valence-electron chi connectivity index (χ3n) is 5.04. The van der Waals surface area contributed by atoms with Gasteiger partial charge in [0.1, 0.15) is 5.82 Å². The fourth-order valence-corrected chi connectivity index (χ4v) is 3.36. The van der Waals surface area contributed by atoms with Gasteiger partial charge in [-0.15, -0.1) is 0 Å². The Hall–Kier alpha value is -3.49. The van der Waals surface area contributed by atoms with E-state index in [1.54, 1.807) is 24.4 Å². The van der Waals surface area contributed by atoms with Crippen molar-refractivity contribution in [2.75, 3.05) is 24.3 Å². The fourth-order valence-electron chi connectivity index (χ4n) is 3.36. The quantitative estimate of drug-likeness (QED) is 0.410. The molecule has 0 radical (unpaired) electrons. The summed E-state index contributed by atoms with van der Waals surface area (Å²) in [6.07, 6.45) is 8.46. The number of aromatic nitrogens is 2. The first-order chi connectivity index (χ1) is 14.4. The number of hydrogen-bond acceptors (Lipinski definition) is 7. The Morgan fingerprint density at radius 2 is 1.80 bits per heavy atom. The van der Waals surface area contributed by atoms with Crippen LogP contribution in [-0.2, 0) is 4.79 Å². The average Bonchev–Trinajstić information content (AvgIpc) is 2.74. The summed E-state index contributed by atoms with van der Waals surface area (Å²) in [4.78, 5) is 33.1. The lowest BCUT2D eigenvalue weighted by molar-refractivity contribution is -0.384. The van der Waals surface area contributed by atoms with Gasteiger partial charge in [0.05, 0.1) is 4.92 Å². The van der Waals surface area contributed by atoms with Crippen LogP contribution in [0.2, 0.25) is 0 Å². The van der Waals surface area contributed by atoms with Crippen molar-refractivity contribution in [2.45, 2.75) is 37.8 Å². The van der Waals surface area contributed by atoms with Crippen LogP contribution >= 0.6 is 0 Å². The zero-order valence-corrected chi connectivity index (χ0v) is 17.1. The van der Waals surface area contributed by atoms with Crippen molar-refractivity contribution in [2.24, 2.45) is 0 Å². The minimum atomic E-state index is -0.448. The third-order valence-corrected chi connectivity index (χ3v) is 5.04. The van der Waals surface area contributed by atoms with Crippen LogP contribution < -0.4 is 15.5 Å².